The van der Waals surface area contributed by atoms with E-state index in [9.17, 15) is 4.79 Å². The molecule has 0 aliphatic heterocycles. The maximum Gasteiger partial charge on any atom is 0.306 e. The van der Waals surface area contributed by atoms with Crippen molar-refractivity contribution in [3.05, 3.63) is 42.1 Å². The summed E-state index contributed by atoms with van der Waals surface area (Å²) >= 11 is 0. The van der Waals surface area contributed by atoms with Crippen molar-refractivity contribution in [1.82, 2.24) is 4.98 Å². The summed E-state index contributed by atoms with van der Waals surface area (Å²) in [5.74, 6) is -1.24. The van der Waals surface area contributed by atoms with Crippen molar-refractivity contribution < 1.29 is 9.90 Å². The van der Waals surface area contributed by atoms with Crippen LogP contribution < -0.4 is 0 Å². The number of carbonyl (C=O) groups is 1. The fourth-order valence-corrected chi connectivity index (χ4v) is 1.98. The molecule has 0 spiro atoms. The first-order chi connectivity index (χ1) is 8.11. The van der Waals surface area contributed by atoms with Gasteiger partial charge in [-0.3, -0.25) is 9.78 Å². The van der Waals surface area contributed by atoms with Gasteiger partial charge >= 0.3 is 5.97 Å². The van der Waals surface area contributed by atoms with E-state index < -0.39 is 11.9 Å². The van der Waals surface area contributed by atoms with Crippen LogP contribution in [0.3, 0.4) is 0 Å². The van der Waals surface area contributed by atoms with Crippen LogP contribution in [0.15, 0.2) is 36.5 Å². The lowest BCUT2D eigenvalue weighted by atomic mass is 9.87. The summed E-state index contributed by atoms with van der Waals surface area (Å²) in [5, 5.41) is 10.1. The van der Waals surface area contributed by atoms with Crippen LogP contribution in [-0.2, 0) is 4.79 Å². The van der Waals surface area contributed by atoms with E-state index in [1.165, 1.54) is 0 Å². The van der Waals surface area contributed by atoms with E-state index in [0.29, 0.717) is 0 Å². The molecule has 0 amide bonds. The second-order valence-electron chi connectivity index (χ2n) is 4.34. The number of rotatable bonds is 3. The van der Waals surface area contributed by atoms with Gasteiger partial charge in [0.15, 0.2) is 0 Å². The van der Waals surface area contributed by atoms with Crippen molar-refractivity contribution in [2.24, 2.45) is 5.92 Å². The molecule has 2 rings (SSSR count). The number of hydrogen-bond acceptors (Lipinski definition) is 2. The van der Waals surface area contributed by atoms with Crippen molar-refractivity contribution in [2.45, 2.75) is 19.8 Å². The maximum absolute atomic E-state index is 11.0. The predicted molar refractivity (Wildman–Crippen MR) is 67.0 cm³/mol. The van der Waals surface area contributed by atoms with Crippen molar-refractivity contribution in [3.63, 3.8) is 0 Å². The fourth-order valence-electron chi connectivity index (χ4n) is 1.98. The number of hydrogen-bond donors (Lipinski definition) is 1. The normalized spacial score (nSPS) is 14.5. The van der Waals surface area contributed by atoms with E-state index in [4.69, 9.17) is 5.11 Å². The summed E-state index contributed by atoms with van der Waals surface area (Å²) in [6, 6.07) is 9.77. The van der Waals surface area contributed by atoms with Gasteiger partial charge in [-0.05, 0) is 17.5 Å². The largest absolute Gasteiger partial charge is 0.481 e. The minimum atomic E-state index is -0.773. The smallest absolute Gasteiger partial charge is 0.306 e. The number of para-hydroxylation sites is 1. The number of carboxylic acids is 1. The molecule has 0 saturated heterocycles. The zero-order chi connectivity index (χ0) is 12.4. The molecule has 1 N–H and O–H groups in total. The lowest BCUT2D eigenvalue weighted by Crippen LogP contribution is -2.17. The van der Waals surface area contributed by atoms with E-state index in [1.807, 2.05) is 37.3 Å². The topological polar surface area (TPSA) is 50.2 Å². The van der Waals surface area contributed by atoms with Crippen molar-refractivity contribution in [1.29, 1.82) is 0 Å². The summed E-state index contributed by atoms with van der Waals surface area (Å²) in [4.78, 5) is 15.4. The first-order valence-electron chi connectivity index (χ1n) is 5.67. The summed E-state index contributed by atoms with van der Waals surface area (Å²) < 4.78 is 0. The highest BCUT2D eigenvalue weighted by molar-refractivity contribution is 5.83. The van der Waals surface area contributed by atoms with Crippen LogP contribution >= 0.6 is 0 Å². The molecular weight excluding hydrogens is 214 g/mol. The van der Waals surface area contributed by atoms with Gasteiger partial charge in [0.25, 0.3) is 0 Å². The number of fused-ring (bicyclic) bond motifs is 1. The first kappa shape index (κ1) is 11.6. The lowest BCUT2D eigenvalue weighted by molar-refractivity contribution is -0.141. The Morgan fingerprint density at radius 1 is 1.24 bits per heavy atom. The van der Waals surface area contributed by atoms with Gasteiger partial charge in [-0.2, -0.15) is 0 Å². The standard InChI is InChI=1S/C14H15NO2/c1-9(10(2)14(16)17)12-7-3-5-11-6-4-8-15-13(11)12/h3-10H,1-2H3,(H,16,17). The molecule has 0 fully saturated rings. The monoisotopic (exact) mass is 229 g/mol. The number of benzene rings is 1. The number of aromatic nitrogens is 1. The summed E-state index contributed by atoms with van der Waals surface area (Å²) in [6.07, 6.45) is 1.74. The number of pyridine rings is 1. The van der Waals surface area contributed by atoms with Gasteiger partial charge in [-0.15, -0.1) is 0 Å². The number of carboxylic acid groups (broad SMARTS) is 1. The molecule has 88 valence electrons. The van der Waals surface area contributed by atoms with Crippen LogP contribution in [0, 0.1) is 5.92 Å². The minimum Gasteiger partial charge on any atom is -0.481 e. The van der Waals surface area contributed by atoms with Gasteiger partial charge in [0.1, 0.15) is 0 Å². The zero-order valence-corrected chi connectivity index (χ0v) is 9.92. The molecule has 0 saturated carbocycles. The fraction of sp³-hybridized carbons (Fsp3) is 0.286. The average molecular weight is 229 g/mol. The summed E-state index contributed by atoms with van der Waals surface area (Å²) in [5.41, 5.74) is 1.90. The lowest BCUT2D eigenvalue weighted by Gasteiger charge is -2.17. The van der Waals surface area contributed by atoms with E-state index >= 15 is 0 Å². The highest BCUT2D eigenvalue weighted by Gasteiger charge is 2.22. The Balaban J connectivity index is 2.52. The molecule has 3 heteroatoms. The molecule has 0 aliphatic carbocycles. The van der Waals surface area contributed by atoms with Gasteiger partial charge in [0.2, 0.25) is 0 Å². The van der Waals surface area contributed by atoms with Crippen molar-refractivity contribution in [3.8, 4) is 0 Å². The Bertz CT molecular complexity index is 545. The third kappa shape index (κ3) is 2.13. The molecule has 17 heavy (non-hydrogen) atoms. The Morgan fingerprint density at radius 2 is 1.94 bits per heavy atom. The first-order valence-corrected chi connectivity index (χ1v) is 5.67. The molecule has 2 atom stereocenters. The molecular formula is C14H15NO2. The highest BCUT2D eigenvalue weighted by atomic mass is 16.4. The molecule has 0 aliphatic rings. The van der Waals surface area contributed by atoms with Gasteiger partial charge < -0.3 is 5.11 Å². The second-order valence-corrected chi connectivity index (χ2v) is 4.34. The number of nitrogens with zero attached hydrogens (tertiary/aromatic N) is 1. The van der Waals surface area contributed by atoms with Gasteiger partial charge in [-0.25, -0.2) is 0 Å². The van der Waals surface area contributed by atoms with Crippen LogP contribution in [0.5, 0.6) is 0 Å². The molecule has 1 heterocycles. The molecule has 0 bridgehead atoms. The van der Waals surface area contributed by atoms with E-state index in [-0.39, 0.29) is 5.92 Å². The maximum atomic E-state index is 11.0. The highest BCUT2D eigenvalue weighted by Crippen LogP contribution is 2.29. The Labute approximate surface area is 100 Å². The Kier molecular flexibility index (Phi) is 3.09. The van der Waals surface area contributed by atoms with Gasteiger partial charge in [0, 0.05) is 11.6 Å². The SMILES string of the molecule is CC(C(=O)O)C(C)c1cccc2cccnc12. The molecule has 1 aromatic carbocycles. The van der Waals surface area contributed by atoms with Crippen molar-refractivity contribution >= 4 is 16.9 Å². The third-order valence-electron chi connectivity index (χ3n) is 3.29. The summed E-state index contributed by atoms with van der Waals surface area (Å²) in [7, 11) is 0. The third-order valence-corrected chi connectivity index (χ3v) is 3.29. The quantitative estimate of drug-likeness (QED) is 0.880. The summed E-state index contributed by atoms with van der Waals surface area (Å²) in [6.45, 7) is 3.66. The van der Waals surface area contributed by atoms with Crippen LogP contribution in [0.25, 0.3) is 10.9 Å². The molecule has 1 aromatic heterocycles. The van der Waals surface area contributed by atoms with E-state index in [0.717, 1.165) is 16.5 Å². The zero-order valence-electron chi connectivity index (χ0n) is 9.92. The molecule has 2 aromatic rings. The average Bonchev–Trinajstić information content (AvgIpc) is 2.36. The van der Waals surface area contributed by atoms with Crippen LogP contribution in [0.4, 0.5) is 0 Å². The van der Waals surface area contributed by atoms with Crippen molar-refractivity contribution in [2.75, 3.05) is 0 Å². The van der Waals surface area contributed by atoms with E-state index in [2.05, 4.69) is 4.98 Å². The van der Waals surface area contributed by atoms with Crippen LogP contribution in [0.1, 0.15) is 25.3 Å². The molecule has 2 unspecified atom stereocenters. The van der Waals surface area contributed by atoms with Gasteiger partial charge in [-0.1, -0.05) is 38.1 Å². The van der Waals surface area contributed by atoms with Crippen LogP contribution in [0.2, 0.25) is 0 Å². The predicted octanol–water partition coefficient (Wildman–Crippen LogP) is 3.06. The second kappa shape index (κ2) is 4.53. The molecule has 3 nitrogen and oxygen atoms in total. The Morgan fingerprint density at radius 3 is 2.65 bits per heavy atom. The Hall–Kier alpha value is -1.90. The molecule has 0 radical (unpaired) electrons. The van der Waals surface area contributed by atoms with Gasteiger partial charge in [0.05, 0.1) is 11.4 Å². The minimum absolute atomic E-state index is 0.0499. The van der Waals surface area contributed by atoms with E-state index in [1.54, 1.807) is 13.1 Å². The van der Waals surface area contributed by atoms with Crippen LogP contribution in [-0.4, -0.2) is 16.1 Å². The number of aliphatic carboxylic acids is 1.